The van der Waals surface area contributed by atoms with Crippen molar-refractivity contribution in [1.29, 1.82) is 0 Å². The van der Waals surface area contributed by atoms with Gasteiger partial charge in [-0.2, -0.15) is 0 Å². The molecular weight excluding hydrogens is 400 g/mol. The monoisotopic (exact) mass is 424 g/mol. The Morgan fingerprint density at radius 2 is 1.97 bits per heavy atom. The van der Waals surface area contributed by atoms with E-state index in [2.05, 4.69) is 25.8 Å². The fourth-order valence-electron chi connectivity index (χ4n) is 3.47. The average Bonchev–Trinajstić information content (AvgIpc) is 3.22. The van der Waals surface area contributed by atoms with Crippen molar-refractivity contribution in [2.24, 2.45) is 0 Å². The average molecular weight is 424 g/mol. The van der Waals surface area contributed by atoms with Crippen molar-refractivity contribution in [3.05, 3.63) is 47.7 Å². The molecule has 1 saturated heterocycles. The minimum Gasteiger partial charge on any atom is -0.479 e. The van der Waals surface area contributed by atoms with E-state index in [1.165, 1.54) is 7.11 Å². The lowest BCUT2D eigenvalue weighted by molar-refractivity contribution is 0.0300. The Bertz CT molecular complexity index is 1080. The quantitative estimate of drug-likeness (QED) is 0.578. The van der Waals surface area contributed by atoms with Crippen molar-refractivity contribution in [1.82, 2.24) is 25.4 Å². The van der Waals surface area contributed by atoms with Gasteiger partial charge in [0.05, 0.1) is 37.3 Å². The topological polar surface area (TPSA) is 121 Å². The van der Waals surface area contributed by atoms with Gasteiger partial charge >= 0.3 is 6.03 Å². The number of rotatable bonds is 5. The fourth-order valence-corrected chi connectivity index (χ4v) is 3.47. The first-order valence-electron chi connectivity index (χ1n) is 9.99. The number of carbonyl (C=O) groups excluding carboxylic acids is 2. The normalized spacial score (nSPS) is 14.8. The number of H-pyrrole nitrogens is 1. The summed E-state index contributed by atoms with van der Waals surface area (Å²) in [6, 6.07) is 10.6. The summed E-state index contributed by atoms with van der Waals surface area (Å²) < 4.78 is 10.6. The number of pyridine rings is 1. The third-order valence-corrected chi connectivity index (χ3v) is 5.09. The number of benzene rings is 1. The summed E-state index contributed by atoms with van der Waals surface area (Å²) in [5, 5.41) is 13.0. The summed E-state index contributed by atoms with van der Waals surface area (Å²) in [7, 11) is 1.48. The van der Waals surface area contributed by atoms with E-state index in [9.17, 15) is 9.59 Å². The molecular formula is C21H24N6O4. The van der Waals surface area contributed by atoms with Crippen LogP contribution in [-0.4, -0.2) is 65.4 Å². The minimum absolute atomic E-state index is 0.163. The van der Waals surface area contributed by atoms with E-state index in [4.69, 9.17) is 9.47 Å². The first-order valence-corrected chi connectivity index (χ1v) is 9.99. The molecule has 31 heavy (non-hydrogen) atoms. The number of aromatic amines is 1. The van der Waals surface area contributed by atoms with E-state index in [0.717, 1.165) is 5.56 Å². The fraction of sp³-hybridized carbons (Fsp3) is 0.333. The predicted octanol–water partition coefficient (Wildman–Crippen LogP) is 2.32. The number of anilines is 1. The standard InChI is InChI=1S/C21H24N6O4/c1-13(14-6-4-3-5-7-14)22-21(29)24-16-12-15-17(19(30-2)26-25-15)18(23-16)20(28)27-8-10-31-11-9-27/h3-7,12-13H,8-11H2,1-2H3,(H,25,26)(H2,22,23,24,29). The van der Waals surface area contributed by atoms with Gasteiger partial charge in [-0.05, 0) is 12.5 Å². The molecule has 3 N–H and O–H groups in total. The number of ether oxygens (including phenoxy) is 2. The molecule has 1 aromatic carbocycles. The molecule has 2 aromatic heterocycles. The smallest absolute Gasteiger partial charge is 0.320 e. The molecule has 0 aliphatic carbocycles. The van der Waals surface area contributed by atoms with Crippen LogP contribution in [0.5, 0.6) is 5.88 Å². The van der Waals surface area contributed by atoms with E-state index in [1.54, 1.807) is 11.0 Å². The van der Waals surface area contributed by atoms with Gasteiger partial charge in [0.2, 0.25) is 5.88 Å². The summed E-state index contributed by atoms with van der Waals surface area (Å²) in [6.45, 7) is 3.76. The number of carbonyl (C=O) groups is 2. The Balaban J connectivity index is 1.59. The predicted molar refractivity (Wildman–Crippen MR) is 114 cm³/mol. The van der Waals surface area contributed by atoms with E-state index >= 15 is 0 Å². The molecule has 3 aromatic rings. The van der Waals surface area contributed by atoms with Crippen LogP contribution >= 0.6 is 0 Å². The van der Waals surface area contributed by atoms with Crippen LogP contribution in [0.25, 0.3) is 10.9 Å². The Kier molecular flexibility index (Phi) is 5.99. The second-order valence-corrected chi connectivity index (χ2v) is 7.15. The number of methoxy groups -OCH3 is 1. The zero-order valence-electron chi connectivity index (χ0n) is 17.3. The number of nitrogens with one attached hydrogen (secondary N) is 3. The Labute approximate surface area is 178 Å². The molecule has 0 bridgehead atoms. The number of fused-ring (bicyclic) bond motifs is 1. The first-order chi connectivity index (χ1) is 15.1. The molecule has 3 heterocycles. The van der Waals surface area contributed by atoms with Crippen molar-refractivity contribution >= 4 is 28.7 Å². The van der Waals surface area contributed by atoms with E-state index in [0.29, 0.717) is 37.2 Å². The number of aromatic nitrogens is 3. The third-order valence-electron chi connectivity index (χ3n) is 5.09. The third kappa shape index (κ3) is 4.43. The number of hydrogen-bond acceptors (Lipinski definition) is 6. The van der Waals surface area contributed by atoms with Crippen molar-refractivity contribution in [2.75, 3.05) is 38.7 Å². The molecule has 1 fully saturated rings. The van der Waals surface area contributed by atoms with Gasteiger partial charge in [-0.15, -0.1) is 5.10 Å². The summed E-state index contributed by atoms with van der Waals surface area (Å²) in [6.07, 6.45) is 0. The summed E-state index contributed by atoms with van der Waals surface area (Å²) in [5.74, 6) is 0.232. The number of nitrogens with zero attached hydrogens (tertiary/aromatic N) is 3. The maximum absolute atomic E-state index is 13.2. The van der Waals surface area contributed by atoms with Crippen LogP contribution in [-0.2, 0) is 4.74 Å². The molecule has 4 rings (SSSR count). The maximum Gasteiger partial charge on any atom is 0.320 e. The van der Waals surface area contributed by atoms with Crippen LogP contribution in [0.3, 0.4) is 0 Å². The minimum atomic E-state index is -0.431. The van der Waals surface area contributed by atoms with Crippen molar-refractivity contribution in [3.63, 3.8) is 0 Å². The lowest BCUT2D eigenvalue weighted by Crippen LogP contribution is -2.41. The van der Waals surface area contributed by atoms with Gasteiger partial charge in [0.15, 0.2) is 0 Å². The number of urea groups is 1. The Morgan fingerprint density at radius 3 is 2.68 bits per heavy atom. The molecule has 1 aliphatic heterocycles. The number of morpholine rings is 1. The molecule has 0 spiro atoms. The van der Waals surface area contributed by atoms with Crippen molar-refractivity contribution in [2.45, 2.75) is 13.0 Å². The highest BCUT2D eigenvalue weighted by Gasteiger charge is 2.26. The van der Waals surface area contributed by atoms with Crippen LogP contribution < -0.4 is 15.4 Å². The highest BCUT2D eigenvalue weighted by Crippen LogP contribution is 2.28. The molecule has 3 amide bonds. The van der Waals surface area contributed by atoms with Crippen LogP contribution in [0.1, 0.15) is 29.0 Å². The van der Waals surface area contributed by atoms with Crippen molar-refractivity contribution in [3.8, 4) is 5.88 Å². The van der Waals surface area contributed by atoms with Crippen LogP contribution in [0.2, 0.25) is 0 Å². The summed E-state index contributed by atoms with van der Waals surface area (Å²) >= 11 is 0. The molecule has 10 heteroatoms. The Morgan fingerprint density at radius 1 is 1.23 bits per heavy atom. The second kappa shape index (κ2) is 9.00. The highest BCUT2D eigenvalue weighted by molar-refractivity contribution is 6.07. The number of hydrogen-bond donors (Lipinski definition) is 3. The van der Waals surface area contributed by atoms with Crippen LogP contribution in [0.4, 0.5) is 10.6 Å². The summed E-state index contributed by atoms with van der Waals surface area (Å²) in [4.78, 5) is 31.8. The molecule has 162 valence electrons. The lowest BCUT2D eigenvalue weighted by atomic mass is 10.1. The van der Waals surface area contributed by atoms with Gasteiger partial charge in [0.25, 0.3) is 5.91 Å². The van der Waals surface area contributed by atoms with Gasteiger partial charge in [0, 0.05) is 19.2 Å². The zero-order valence-corrected chi connectivity index (χ0v) is 17.3. The van der Waals surface area contributed by atoms with E-state index in [1.807, 2.05) is 37.3 Å². The molecule has 10 nitrogen and oxygen atoms in total. The molecule has 1 unspecified atom stereocenters. The van der Waals surface area contributed by atoms with Gasteiger partial charge in [-0.3, -0.25) is 15.2 Å². The van der Waals surface area contributed by atoms with Gasteiger partial charge in [0.1, 0.15) is 11.5 Å². The SMILES string of the molecule is COc1n[nH]c2cc(NC(=O)NC(C)c3ccccc3)nc(C(=O)N3CCOCC3)c12. The number of amides is 3. The van der Waals surface area contributed by atoms with Gasteiger partial charge in [-0.25, -0.2) is 9.78 Å². The van der Waals surface area contributed by atoms with Crippen LogP contribution in [0, 0.1) is 0 Å². The highest BCUT2D eigenvalue weighted by atomic mass is 16.5. The van der Waals surface area contributed by atoms with E-state index in [-0.39, 0.29) is 29.3 Å². The molecule has 0 saturated carbocycles. The first kappa shape index (κ1) is 20.6. The van der Waals surface area contributed by atoms with E-state index < -0.39 is 6.03 Å². The van der Waals surface area contributed by atoms with Gasteiger partial charge in [-0.1, -0.05) is 30.3 Å². The molecule has 1 atom stereocenters. The zero-order chi connectivity index (χ0) is 21.8. The second-order valence-electron chi connectivity index (χ2n) is 7.15. The van der Waals surface area contributed by atoms with Crippen molar-refractivity contribution < 1.29 is 19.1 Å². The largest absolute Gasteiger partial charge is 0.479 e. The van der Waals surface area contributed by atoms with Gasteiger partial charge < -0.3 is 19.7 Å². The lowest BCUT2D eigenvalue weighted by Gasteiger charge is -2.26. The summed E-state index contributed by atoms with van der Waals surface area (Å²) in [5.41, 5.74) is 1.67. The molecule has 0 radical (unpaired) electrons. The van der Waals surface area contributed by atoms with Crippen LogP contribution in [0.15, 0.2) is 36.4 Å². The maximum atomic E-state index is 13.2. The molecule has 1 aliphatic rings. The Hall–Kier alpha value is -3.66.